The SMILES string of the molecule is CC(Nc1ccc2cc(Br)ccc2c1)c1csc(Cl)c1. The Kier molecular flexibility index (Phi) is 4.01. The zero-order valence-electron chi connectivity index (χ0n) is 10.9. The third-order valence-corrected chi connectivity index (χ3v) is 4.88. The van der Waals surface area contributed by atoms with E-state index in [0.29, 0.717) is 0 Å². The molecule has 1 nitrogen and oxygen atoms in total. The molecule has 0 bridgehead atoms. The first kappa shape index (κ1) is 13.9. The van der Waals surface area contributed by atoms with Gasteiger partial charge in [-0.1, -0.05) is 39.7 Å². The Bertz CT molecular complexity index is 753. The van der Waals surface area contributed by atoms with Crippen molar-refractivity contribution in [2.75, 3.05) is 5.32 Å². The van der Waals surface area contributed by atoms with Gasteiger partial charge in [-0.3, -0.25) is 0 Å². The molecule has 20 heavy (non-hydrogen) atoms. The van der Waals surface area contributed by atoms with Crippen LogP contribution in [0.5, 0.6) is 0 Å². The topological polar surface area (TPSA) is 12.0 Å². The first-order valence-electron chi connectivity index (χ1n) is 6.31. The highest BCUT2D eigenvalue weighted by Crippen LogP contribution is 2.28. The molecule has 0 spiro atoms. The molecule has 4 heteroatoms. The van der Waals surface area contributed by atoms with Crippen LogP contribution in [-0.4, -0.2) is 0 Å². The molecule has 1 aromatic heterocycles. The largest absolute Gasteiger partial charge is 0.378 e. The van der Waals surface area contributed by atoms with Gasteiger partial charge in [0, 0.05) is 16.2 Å². The normalized spacial score (nSPS) is 12.6. The van der Waals surface area contributed by atoms with E-state index >= 15 is 0 Å². The number of thiophene rings is 1. The van der Waals surface area contributed by atoms with Gasteiger partial charge in [0.05, 0.1) is 4.34 Å². The molecule has 1 atom stereocenters. The zero-order valence-corrected chi connectivity index (χ0v) is 14.0. The molecular weight excluding hydrogens is 354 g/mol. The van der Waals surface area contributed by atoms with Gasteiger partial charge < -0.3 is 5.32 Å². The van der Waals surface area contributed by atoms with Crippen molar-refractivity contribution >= 4 is 55.3 Å². The third-order valence-electron chi connectivity index (χ3n) is 3.27. The molecule has 3 aromatic rings. The molecule has 0 aliphatic rings. The highest BCUT2D eigenvalue weighted by molar-refractivity contribution is 9.10. The van der Waals surface area contributed by atoms with Gasteiger partial charge in [-0.15, -0.1) is 11.3 Å². The monoisotopic (exact) mass is 365 g/mol. The van der Waals surface area contributed by atoms with E-state index in [-0.39, 0.29) is 6.04 Å². The van der Waals surface area contributed by atoms with Crippen LogP contribution >= 0.6 is 38.9 Å². The summed E-state index contributed by atoms with van der Waals surface area (Å²) in [5.74, 6) is 0. The van der Waals surface area contributed by atoms with Crippen LogP contribution in [-0.2, 0) is 0 Å². The van der Waals surface area contributed by atoms with E-state index in [4.69, 9.17) is 11.6 Å². The number of hydrogen-bond donors (Lipinski definition) is 1. The van der Waals surface area contributed by atoms with Crippen LogP contribution in [0, 0.1) is 0 Å². The van der Waals surface area contributed by atoms with Crippen molar-refractivity contribution in [1.29, 1.82) is 0 Å². The summed E-state index contributed by atoms with van der Waals surface area (Å²) in [5, 5.41) is 8.07. The third kappa shape index (κ3) is 3.00. The Labute approximate surface area is 135 Å². The molecule has 3 rings (SSSR count). The van der Waals surface area contributed by atoms with E-state index in [9.17, 15) is 0 Å². The molecule has 0 radical (unpaired) electrons. The molecule has 1 unspecified atom stereocenters. The van der Waals surface area contributed by atoms with Crippen molar-refractivity contribution in [2.45, 2.75) is 13.0 Å². The van der Waals surface area contributed by atoms with E-state index in [0.717, 1.165) is 14.5 Å². The second-order valence-corrected chi connectivity index (χ2v) is 7.21. The average Bonchev–Trinajstić information content (AvgIpc) is 2.86. The second-order valence-electron chi connectivity index (χ2n) is 4.76. The summed E-state index contributed by atoms with van der Waals surface area (Å²) in [5.41, 5.74) is 2.34. The molecule has 0 aliphatic heterocycles. The number of hydrogen-bond acceptors (Lipinski definition) is 2. The van der Waals surface area contributed by atoms with Gasteiger partial charge in [0.1, 0.15) is 0 Å². The quantitative estimate of drug-likeness (QED) is 0.558. The van der Waals surface area contributed by atoms with Crippen LogP contribution < -0.4 is 5.32 Å². The summed E-state index contributed by atoms with van der Waals surface area (Å²) in [6, 6.07) is 15.0. The lowest BCUT2D eigenvalue weighted by atomic mass is 10.1. The van der Waals surface area contributed by atoms with E-state index in [1.165, 1.54) is 16.3 Å². The summed E-state index contributed by atoms with van der Waals surface area (Å²) in [4.78, 5) is 0. The van der Waals surface area contributed by atoms with Crippen molar-refractivity contribution in [3.8, 4) is 0 Å². The summed E-state index contributed by atoms with van der Waals surface area (Å²) in [7, 11) is 0. The van der Waals surface area contributed by atoms with Gasteiger partial charge in [0.2, 0.25) is 0 Å². The molecular formula is C16H13BrClNS. The fraction of sp³-hybridized carbons (Fsp3) is 0.125. The standard InChI is InChI=1S/C16H13BrClNS/c1-10(13-8-16(18)20-9-13)19-15-5-3-11-6-14(17)4-2-12(11)7-15/h2-10,19H,1H3. The summed E-state index contributed by atoms with van der Waals surface area (Å²) < 4.78 is 1.93. The zero-order chi connectivity index (χ0) is 14.1. The first-order valence-corrected chi connectivity index (χ1v) is 8.37. The van der Waals surface area contributed by atoms with E-state index in [1.807, 2.05) is 6.07 Å². The average molecular weight is 367 g/mol. The summed E-state index contributed by atoms with van der Waals surface area (Å²) in [6.45, 7) is 2.14. The van der Waals surface area contributed by atoms with Gasteiger partial charge in [-0.25, -0.2) is 0 Å². The maximum absolute atomic E-state index is 5.99. The molecule has 2 aromatic carbocycles. The summed E-state index contributed by atoms with van der Waals surface area (Å²) in [6.07, 6.45) is 0. The maximum atomic E-state index is 5.99. The molecule has 0 fully saturated rings. The van der Waals surface area contributed by atoms with Crippen molar-refractivity contribution < 1.29 is 0 Å². The summed E-state index contributed by atoms with van der Waals surface area (Å²) >= 11 is 11.1. The Morgan fingerprint density at radius 1 is 1.10 bits per heavy atom. The Balaban J connectivity index is 1.85. The lowest BCUT2D eigenvalue weighted by molar-refractivity contribution is 0.891. The maximum Gasteiger partial charge on any atom is 0.0931 e. The van der Waals surface area contributed by atoms with Crippen LogP contribution in [0.15, 0.2) is 52.3 Å². The van der Waals surface area contributed by atoms with E-state index in [2.05, 4.69) is 69.9 Å². The number of rotatable bonds is 3. The van der Waals surface area contributed by atoms with Gasteiger partial charge >= 0.3 is 0 Å². The number of benzene rings is 2. The predicted octanol–water partition coefficient (Wildman–Crippen LogP) is 6.49. The number of anilines is 1. The van der Waals surface area contributed by atoms with Gasteiger partial charge in [0.15, 0.2) is 0 Å². The van der Waals surface area contributed by atoms with E-state index in [1.54, 1.807) is 11.3 Å². The number of fused-ring (bicyclic) bond motifs is 1. The van der Waals surface area contributed by atoms with Crippen LogP contribution in [0.2, 0.25) is 4.34 Å². The fourth-order valence-corrected chi connectivity index (χ4v) is 3.55. The number of nitrogens with one attached hydrogen (secondary N) is 1. The molecule has 0 amide bonds. The smallest absolute Gasteiger partial charge is 0.0931 e. The highest BCUT2D eigenvalue weighted by Gasteiger charge is 2.08. The van der Waals surface area contributed by atoms with Crippen molar-refractivity contribution in [3.63, 3.8) is 0 Å². The molecule has 0 saturated carbocycles. The lowest BCUT2D eigenvalue weighted by Gasteiger charge is -2.14. The Morgan fingerprint density at radius 2 is 1.85 bits per heavy atom. The Hall–Kier alpha value is -1.03. The molecule has 1 heterocycles. The van der Waals surface area contributed by atoms with Crippen LogP contribution in [0.1, 0.15) is 18.5 Å². The minimum absolute atomic E-state index is 0.242. The minimum atomic E-state index is 0.242. The first-order chi connectivity index (χ1) is 9.61. The van der Waals surface area contributed by atoms with E-state index < -0.39 is 0 Å². The fourth-order valence-electron chi connectivity index (χ4n) is 2.19. The molecule has 102 valence electrons. The van der Waals surface area contributed by atoms with Crippen molar-refractivity contribution in [1.82, 2.24) is 0 Å². The molecule has 1 N–H and O–H groups in total. The van der Waals surface area contributed by atoms with Gasteiger partial charge in [-0.05, 0) is 59.0 Å². The van der Waals surface area contributed by atoms with Gasteiger partial charge in [0.25, 0.3) is 0 Å². The minimum Gasteiger partial charge on any atom is -0.378 e. The second kappa shape index (κ2) is 5.76. The lowest BCUT2D eigenvalue weighted by Crippen LogP contribution is -2.05. The molecule has 0 saturated heterocycles. The van der Waals surface area contributed by atoms with Crippen LogP contribution in [0.4, 0.5) is 5.69 Å². The van der Waals surface area contributed by atoms with Crippen LogP contribution in [0.3, 0.4) is 0 Å². The predicted molar refractivity (Wildman–Crippen MR) is 93.0 cm³/mol. The van der Waals surface area contributed by atoms with Gasteiger partial charge in [-0.2, -0.15) is 0 Å². The van der Waals surface area contributed by atoms with Crippen LogP contribution in [0.25, 0.3) is 10.8 Å². The van der Waals surface area contributed by atoms with Crippen molar-refractivity contribution in [2.24, 2.45) is 0 Å². The van der Waals surface area contributed by atoms with Crippen molar-refractivity contribution in [3.05, 3.63) is 62.2 Å². The number of halogens is 2. The highest BCUT2D eigenvalue weighted by atomic mass is 79.9. The Morgan fingerprint density at radius 3 is 2.60 bits per heavy atom. The molecule has 0 aliphatic carbocycles.